The van der Waals surface area contributed by atoms with Gasteiger partial charge in [-0.25, -0.2) is 0 Å². The molecule has 0 spiro atoms. The molecule has 0 bridgehead atoms. The van der Waals surface area contributed by atoms with Crippen LogP contribution in [0.5, 0.6) is 0 Å². The second kappa shape index (κ2) is 5.28. The van der Waals surface area contributed by atoms with Gasteiger partial charge in [0.2, 0.25) is 0 Å². The number of aryl methyl sites for hydroxylation is 2. The lowest BCUT2D eigenvalue weighted by atomic mass is 9.79. The van der Waals surface area contributed by atoms with Gasteiger partial charge in [-0.3, -0.25) is 0 Å². The average Bonchev–Trinajstić information content (AvgIpc) is 3.05. The first-order valence-corrected chi connectivity index (χ1v) is 8.05. The molecule has 2 aliphatic carbocycles. The Kier molecular flexibility index (Phi) is 3.66. The monoisotopic (exact) mass is 257 g/mol. The van der Waals surface area contributed by atoms with Crippen molar-refractivity contribution in [3.63, 3.8) is 0 Å². The van der Waals surface area contributed by atoms with E-state index in [4.69, 9.17) is 5.73 Å². The molecule has 2 unspecified atom stereocenters. The standard InChI is InChI=1S/C18H27N/c1-2-14-8-9-18(11-14,13-19)12-15-6-7-16-4-3-5-17(16)10-15/h6-7,10,14H,2-5,8-9,11-13,19H2,1H3. The van der Waals surface area contributed by atoms with Crippen LogP contribution in [0.2, 0.25) is 0 Å². The van der Waals surface area contributed by atoms with Crippen molar-refractivity contribution < 1.29 is 0 Å². The topological polar surface area (TPSA) is 26.0 Å². The molecule has 0 aliphatic heterocycles. The van der Waals surface area contributed by atoms with Crippen LogP contribution in [-0.4, -0.2) is 6.54 Å². The van der Waals surface area contributed by atoms with Gasteiger partial charge in [-0.2, -0.15) is 0 Å². The molecular weight excluding hydrogens is 230 g/mol. The lowest BCUT2D eigenvalue weighted by Gasteiger charge is -2.28. The van der Waals surface area contributed by atoms with Crippen LogP contribution in [0.3, 0.4) is 0 Å². The molecule has 2 aliphatic rings. The summed E-state index contributed by atoms with van der Waals surface area (Å²) in [6.07, 6.45) is 10.5. The predicted molar refractivity (Wildman–Crippen MR) is 81.3 cm³/mol. The van der Waals surface area contributed by atoms with Crippen LogP contribution in [0.25, 0.3) is 0 Å². The van der Waals surface area contributed by atoms with Gasteiger partial charge in [-0.05, 0) is 79.5 Å². The zero-order chi connectivity index (χ0) is 13.3. The van der Waals surface area contributed by atoms with Crippen LogP contribution in [0.4, 0.5) is 0 Å². The summed E-state index contributed by atoms with van der Waals surface area (Å²) >= 11 is 0. The van der Waals surface area contributed by atoms with Crippen LogP contribution in [0.15, 0.2) is 18.2 Å². The Bertz CT molecular complexity index is 451. The molecule has 1 aromatic rings. The molecule has 2 atom stereocenters. The van der Waals surface area contributed by atoms with E-state index >= 15 is 0 Å². The summed E-state index contributed by atoms with van der Waals surface area (Å²) in [5, 5.41) is 0. The molecule has 0 aromatic heterocycles. The highest BCUT2D eigenvalue weighted by Gasteiger charge is 2.37. The van der Waals surface area contributed by atoms with Gasteiger partial charge in [0.15, 0.2) is 0 Å². The third-order valence-electron chi connectivity index (χ3n) is 5.56. The first-order chi connectivity index (χ1) is 9.24. The molecule has 19 heavy (non-hydrogen) atoms. The van der Waals surface area contributed by atoms with E-state index < -0.39 is 0 Å². The molecule has 104 valence electrons. The molecule has 1 nitrogen and oxygen atoms in total. The van der Waals surface area contributed by atoms with Crippen molar-refractivity contribution >= 4 is 0 Å². The summed E-state index contributed by atoms with van der Waals surface area (Å²) in [5.41, 5.74) is 11.3. The van der Waals surface area contributed by atoms with Crippen LogP contribution in [0.1, 0.15) is 55.7 Å². The van der Waals surface area contributed by atoms with Crippen LogP contribution >= 0.6 is 0 Å². The zero-order valence-electron chi connectivity index (χ0n) is 12.3. The maximum Gasteiger partial charge on any atom is -0.00172 e. The van der Waals surface area contributed by atoms with Crippen molar-refractivity contribution in [1.82, 2.24) is 0 Å². The van der Waals surface area contributed by atoms with Gasteiger partial charge in [-0.15, -0.1) is 0 Å². The maximum absolute atomic E-state index is 6.15. The SMILES string of the molecule is CCC1CCC(CN)(Cc2ccc3c(c2)CCC3)C1. The van der Waals surface area contributed by atoms with E-state index in [-0.39, 0.29) is 0 Å². The van der Waals surface area contributed by atoms with Gasteiger partial charge in [0, 0.05) is 0 Å². The Morgan fingerprint density at radius 3 is 2.84 bits per heavy atom. The normalized spacial score (nSPS) is 29.7. The van der Waals surface area contributed by atoms with E-state index in [1.165, 1.54) is 56.9 Å². The van der Waals surface area contributed by atoms with E-state index in [2.05, 4.69) is 25.1 Å². The Labute approximate surface area is 117 Å². The molecule has 1 fully saturated rings. The van der Waals surface area contributed by atoms with Gasteiger partial charge < -0.3 is 5.73 Å². The van der Waals surface area contributed by atoms with Gasteiger partial charge in [-0.1, -0.05) is 31.5 Å². The average molecular weight is 257 g/mol. The molecule has 0 radical (unpaired) electrons. The number of benzene rings is 1. The van der Waals surface area contributed by atoms with Crippen molar-refractivity contribution in [2.45, 2.75) is 58.3 Å². The fourth-order valence-corrected chi connectivity index (χ4v) is 4.26. The van der Waals surface area contributed by atoms with Gasteiger partial charge >= 0.3 is 0 Å². The largest absolute Gasteiger partial charge is 0.330 e. The smallest absolute Gasteiger partial charge is 0.00172 e. The minimum absolute atomic E-state index is 0.396. The Morgan fingerprint density at radius 2 is 2.11 bits per heavy atom. The summed E-state index contributed by atoms with van der Waals surface area (Å²) in [5.74, 6) is 0.915. The molecule has 0 amide bonds. The van der Waals surface area contributed by atoms with Crippen molar-refractivity contribution in [2.24, 2.45) is 17.1 Å². The van der Waals surface area contributed by atoms with Gasteiger partial charge in [0.05, 0.1) is 0 Å². The fourth-order valence-electron chi connectivity index (χ4n) is 4.26. The van der Waals surface area contributed by atoms with Crippen LogP contribution in [0, 0.1) is 11.3 Å². The summed E-state index contributed by atoms with van der Waals surface area (Å²) in [6, 6.07) is 7.20. The van der Waals surface area contributed by atoms with E-state index in [9.17, 15) is 0 Å². The van der Waals surface area contributed by atoms with E-state index in [0.717, 1.165) is 12.5 Å². The van der Waals surface area contributed by atoms with E-state index in [1.807, 2.05) is 0 Å². The minimum Gasteiger partial charge on any atom is -0.330 e. The molecule has 3 rings (SSSR count). The molecular formula is C18H27N. The van der Waals surface area contributed by atoms with Crippen molar-refractivity contribution in [3.8, 4) is 0 Å². The van der Waals surface area contributed by atoms with Crippen LogP contribution < -0.4 is 5.73 Å². The number of hydrogen-bond acceptors (Lipinski definition) is 1. The van der Waals surface area contributed by atoms with E-state index in [1.54, 1.807) is 11.1 Å². The molecule has 0 heterocycles. The molecule has 1 heteroatoms. The first-order valence-electron chi connectivity index (χ1n) is 8.05. The van der Waals surface area contributed by atoms with Crippen molar-refractivity contribution in [2.75, 3.05) is 6.54 Å². The lowest BCUT2D eigenvalue weighted by molar-refractivity contribution is 0.290. The first kappa shape index (κ1) is 13.2. The Hall–Kier alpha value is -0.820. The van der Waals surface area contributed by atoms with Crippen molar-refractivity contribution in [3.05, 3.63) is 34.9 Å². The van der Waals surface area contributed by atoms with Crippen molar-refractivity contribution in [1.29, 1.82) is 0 Å². The van der Waals surface area contributed by atoms with E-state index in [0.29, 0.717) is 5.41 Å². The number of nitrogens with two attached hydrogens (primary N) is 1. The van der Waals surface area contributed by atoms with Gasteiger partial charge in [0.25, 0.3) is 0 Å². The summed E-state index contributed by atoms with van der Waals surface area (Å²) < 4.78 is 0. The highest BCUT2D eigenvalue weighted by Crippen LogP contribution is 2.44. The highest BCUT2D eigenvalue weighted by molar-refractivity contribution is 5.35. The van der Waals surface area contributed by atoms with Gasteiger partial charge in [0.1, 0.15) is 0 Å². The molecule has 1 saturated carbocycles. The Morgan fingerprint density at radius 1 is 1.26 bits per heavy atom. The number of hydrogen-bond donors (Lipinski definition) is 1. The second-order valence-electron chi connectivity index (χ2n) is 6.85. The number of rotatable bonds is 4. The minimum atomic E-state index is 0.396. The summed E-state index contributed by atoms with van der Waals surface area (Å²) in [6.45, 7) is 3.19. The fraction of sp³-hybridized carbons (Fsp3) is 0.667. The Balaban J connectivity index is 1.76. The zero-order valence-corrected chi connectivity index (χ0v) is 12.3. The summed E-state index contributed by atoms with van der Waals surface area (Å²) in [7, 11) is 0. The molecule has 2 N–H and O–H groups in total. The number of fused-ring (bicyclic) bond motifs is 1. The third kappa shape index (κ3) is 2.58. The van der Waals surface area contributed by atoms with Crippen LogP contribution in [-0.2, 0) is 19.3 Å². The predicted octanol–water partition coefficient (Wildman–Crippen LogP) is 3.87. The highest BCUT2D eigenvalue weighted by atomic mass is 14.6. The molecule has 1 aromatic carbocycles. The summed E-state index contributed by atoms with van der Waals surface area (Å²) in [4.78, 5) is 0. The molecule has 0 saturated heterocycles. The maximum atomic E-state index is 6.15. The third-order valence-corrected chi connectivity index (χ3v) is 5.56. The lowest BCUT2D eigenvalue weighted by Crippen LogP contribution is -2.30. The quantitative estimate of drug-likeness (QED) is 0.870. The second-order valence-corrected chi connectivity index (χ2v) is 6.85.